The number of nitrogens with one attached hydrogen (secondary N) is 1. The van der Waals surface area contributed by atoms with Gasteiger partial charge < -0.3 is 9.73 Å². The largest absolute Gasteiger partial charge is 0.452 e. The molecular formula is C12H8BrClF3NO. The molecule has 2 rings (SSSR count). The maximum absolute atomic E-state index is 12.6. The minimum atomic E-state index is -4.42. The van der Waals surface area contributed by atoms with Crippen LogP contribution in [0.25, 0.3) is 0 Å². The predicted octanol–water partition coefficient (Wildman–Crippen LogP) is 5.33. The summed E-state index contributed by atoms with van der Waals surface area (Å²) in [5.41, 5.74) is -0.504. The average Bonchev–Trinajstić information content (AvgIpc) is 2.71. The predicted molar refractivity (Wildman–Crippen MR) is 70.2 cm³/mol. The van der Waals surface area contributed by atoms with Crippen LogP contribution < -0.4 is 5.32 Å². The van der Waals surface area contributed by atoms with E-state index in [-0.39, 0.29) is 17.3 Å². The molecule has 0 spiro atoms. The fourth-order valence-corrected chi connectivity index (χ4v) is 2.07. The average molecular weight is 355 g/mol. The van der Waals surface area contributed by atoms with Crippen LogP contribution >= 0.6 is 27.5 Å². The number of anilines is 1. The van der Waals surface area contributed by atoms with E-state index in [4.69, 9.17) is 16.0 Å². The van der Waals surface area contributed by atoms with Crippen molar-refractivity contribution >= 4 is 33.2 Å². The van der Waals surface area contributed by atoms with Gasteiger partial charge in [-0.1, -0.05) is 11.6 Å². The number of rotatable bonds is 3. The zero-order valence-electron chi connectivity index (χ0n) is 9.39. The van der Waals surface area contributed by atoms with Crippen LogP contribution in [-0.2, 0) is 12.7 Å². The maximum atomic E-state index is 12.6. The van der Waals surface area contributed by atoms with E-state index in [1.54, 1.807) is 12.1 Å². The van der Waals surface area contributed by atoms with Gasteiger partial charge in [-0.25, -0.2) is 0 Å². The summed E-state index contributed by atoms with van der Waals surface area (Å²) in [6.45, 7) is 0.267. The standard InChI is InChI=1S/C12H8BrClF3NO/c13-11-2-1-10(19-11)6-18-9-4-7(12(15,16)17)3-8(14)5-9/h1-5,18H,6H2. The van der Waals surface area contributed by atoms with E-state index in [1.165, 1.54) is 6.07 Å². The number of furan rings is 1. The minimum absolute atomic E-state index is 0.0259. The molecule has 102 valence electrons. The van der Waals surface area contributed by atoms with Crippen LogP contribution in [0.4, 0.5) is 18.9 Å². The lowest BCUT2D eigenvalue weighted by Gasteiger charge is -2.11. The third kappa shape index (κ3) is 3.91. The van der Waals surface area contributed by atoms with Gasteiger partial charge in [-0.3, -0.25) is 0 Å². The second kappa shape index (κ2) is 5.46. The van der Waals surface area contributed by atoms with E-state index in [0.717, 1.165) is 12.1 Å². The van der Waals surface area contributed by atoms with Crippen molar-refractivity contribution in [1.29, 1.82) is 0 Å². The third-order valence-corrected chi connectivity index (χ3v) is 2.97. The topological polar surface area (TPSA) is 25.2 Å². The summed E-state index contributed by atoms with van der Waals surface area (Å²) in [4.78, 5) is 0. The van der Waals surface area contributed by atoms with Crippen molar-refractivity contribution in [3.05, 3.63) is 51.3 Å². The van der Waals surface area contributed by atoms with Gasteiger partial charge in [0.1, 0.15) is 5.76 Å². The van der Waals surface area contributed by atoms with Crippen LogP contribution in [0.3, 0.4) is 0 Å². The molecule has 0 amide bonds. The number of hydrogen-bond acceptors (Lipinski definition) is 2. The zero-order valence-corrected chi connectivity index (χ0v) is 11.7. The van der Waals surface area contributed by atoms with Crippen LogP contribution in [-0.4, -0.2) is 0 Å². The van der Waals surface area contributed by atoms with Gasteiger partial charge in [0.05, 0.1) is 12.1 Å². The molecule has 0 radical (unpaired) electrons. The fourth-order valence-electron chi connectivity index (χ4n) is 1.49. The molecule has 2 nitrogen and oxygen atoms in total. The first-order valence-corrected chi connectivity index (χ1v) is 6.37. The summed E-state index contributed by atoms with van der Waals surface area (Å²) in [5.74, 6) is 0.598. The van der Waals surface area contributed by atoms with Gasteiger partial charge in [0.15, 0.2) is 4.67 Å². The van der Waals surface area contributed by atoms with E-state index >= 15 is 0 Å². The molecule has 0 unspecified atom stereocenters. The van der Waals surface area contributed by atoms with Crippen LogP contribution in [0.1, 0.15) is 11.3 Å². The molecule has 0 saturated heterocycles. The first kappa shape index (κ1) is 14.3. The summed E-state index contributed by atoms with van der Waals surface area (Å²) in [6.07, 6.45) is -4.42. The summed E-state index contributed by atoms with van der Waals surface area (Å²) >= 11 is 8.81. The molecule has 0 aliphatic heterocycles. The normalized spacial score (nSPS) is 11.6. The highest BCUT2D eigenvalue weighted by Gasteiger charge is 2.31. The van der Waals surface area contributed by atoms with Crippen LogP contribution in [0, 0.1) is 0 Å². The molecule has 19 heavy (non-hydrogen) atoms. The highest BCUT2D eigenvalue weighted by Crippen LogP contribution is 2.33. The van der Waals surface area contributed by atoms with Crippen molar-refractivity contribution in [3.63, 3.8) is 0 Å². The lowest BCUT2D eigenvalue weighted by atomic mass is 10.2. The molecule has 7 heteroatoms. The molecule has 0 atom stereocenters. The number of halogens is 5. The second-order valence-electron chi connectivity index (χ2n) is 3.79. The van der Waals surface area contributed by atoms with E-state index in [0.29, 0.717) is 10.4 Å². The number of alkyl halides is 3. The van der Waals surface area contributed by atoms with Crippen molar-refractivity contribution in [2.45, 2.75) is 12.7 Å². The zero-order chi connectivity index (χ0) is 14.0. The van der Waals surface area contributed by atoms with E-state index in [1.807, 2.05) is 0 Å². The van der Waals surface area contributed by atoms with Gasteiger partial charge in [0.25, 0.3) is 0 Å². The smallest absolute Gasteiger partial charge is 0.416 e. The summed E-state index contributed by atoms with van der Waals surface area (Å²) < 4.78 is 43.6. The Labute approximate surface area is 120 Å². The molecule has 0 fully saturated rings. The Morgan fingerprint density at radius 2 is 1.95 bits per heavy atom. The summed E-state index contributed by atoms with van der Waals surface area (Å²) in [7, 11) is 0. The van der Waals surface area contributed by atoms with E-state index in [9.17, 15) is 13.2 Å². The SMILES string of the molecule is FC(F)(F)c1cc(Cl)cc(NCc2ccc(Br)o2)c1. The van der Waals surface area contributed by atoms with Crippen molar-refractivity contribution < 1.29 is 17.6 Å². The third-order valence-electron chi connectivity index (χ3n) is 2.32. The molecular weight excluding hydrogens is 346 g/mol. The summed E-state index contributed by atoms with van der Waals surface area (Å²) in [6, 6.07) is 6.73. The molecule has 0 bridgehead atoms. The lowest BCUT2D eigenvalue weighted by molar-refractivity contribution is -0.137. The molecule has 1 aromatic carbocycles. The van der Waals surface area contributed by atoms with Crippen LogP contribution in [0.5, 0.6) is 0 Å². The monoisotopic (exact) mass is 353 g/mol. The molecule has 2 aromatic rings. The Hall–Kier alpha value is -1.14. The Bertz CT molecular complexity index is 583. The van der Waals surface area contributed by atoms with Crippen LogP contribution in [0.2, 0.25) is 5.02 Å². The molecule has 1 N–H and O–H groups in total. The van der Waals surface area contributed by atoms with Gasteiger partial charge in [-0.2, -0.15) is 13.2 Å². The van der Waals surface area contributed by atoms with Gasteiger partial charge in [-0.05, 0) is 46.3 Å². The van der Waals surface area contributed by atoms with Gasteiger partial charge in [0.2, 0.25) is 0 Å². The molecule has 0 saturated carbocycles. The van der Waals surface area contributed by atoms with Gasteiger partial charge in [-0.15, -0.1) is 0 Å². The Kier molecular flexibility index (Phi) is 4.10. The van der Waals surface area contributed by atoms with Crippen molar-refractivity contribution in [3.8, 4) is 0 Å². The highest BCUT2D eigenvalue weighted by atomic mass is 79.9. The number of hydrogen-bond donors (Lipinski definition) is 1. The summed E-state index contributed by atoms with van der Waals surface area (Å²) in [5, 5.41) is 2.85. The molecule has 1 heterocycles. The van der Waals surface area contributed by atoms with Crippen molar-refractivity contribution in [1.82, 2.24) is 0 Å². The van der Waals surface area contributed by atoms with Crippen molar-refractivity contribution in [2.75, 3.05) is 5.32 Å². The Morgan fingerprint density at radius 1 is 1.21 bits per heavy atom. The van der Waals surface area contributed by atoms with Crippen LogP contribution in [0.15, 0.2) is 39.4 Å². The second-order valence-corrected chi connectivity index (χ2v) is 5.00. The van der Waals surface area contributed by atoms with Crippen molar-refractivity contribution in [2.24, 2.45) is 0 Å². The Balaban J connectivity index is 2.14. The number of benzene rings is 1. The highest BCUT2D eigenvalue weighted by molar-refractivity contribution is 9.10. The molecule has 0 aliphatic carbocycles. The maximum Gasteiger partial charge on any atom is 0.416 e. The molecule has 1 aromatic heterocycles. The quantitative estimate of drug-likeness (QED) is 0.806. The van der Waals surface area contributed by atoms with Gasteiger partial charge in [0, 0.05) is 10.7 Å². The lowest BCUT2D eigenvalue weighted by Crippen LogP contribution is -2.06. The first-order valence-electron chi connectivity index (χ1n) is 5.20. The minimum Gasteiger partial charge on any atom is -0.452 e. The Morgan fingerprint density at radius 3 is 2.53 bits per heavy atom. The van der Waals surface area contributed by atoms with E-state index < -0.39 is 11.7 Å². The van der Waals surface area contributed by atoms with Gasteiger partial charge >= 0.3 is 6.18 Å². The fraction of sp³-hybridized carbons (Fsp3) is 0.167. The first-order chi connectivity index (χ1) is 8.84. The van der Waals surface area contributed by atoms with E-state index in [2.05, 4.69) is 21.2 Å². The molecule has 0 aliphatic rings.